The van der Waals surface area contributed by atoms with Crippen molar-refractivity contribution in [3.8, 4) is 0 Å². The molecule has 24 heavy (non-hydrogen) atoms. The number of hydrogen-bond donors (Lipinski definition) is 1. The van der Waals surface area contributed by atoms with Crippen molar-refractivity contribution in [2.75, 3.05) is 43.2 Å². The SMILES string of the molecule is COCCCNC(=O)[C@H]1CCCN1c1nnc(N2CCCC2=O)s1. The van der Waals surface area contributed by atoms with Crippen molar-refractivity contribution in [3.05, 3.63) is 0 Å². The van der Waals surface area contributed by atoms with Crippen LogP contribution in [0, 0.1) is 0 Å². The van der Waals surface area contributed by atoms with Gasteiger partial charge >= 0.3 is 0 Å². The summed E-state index contributed by atoms with van der Waals surface area (Å²) in [7, 11) is 1.65. The molecule has 0 saturated carbocycles. The van der Waals surface area contributed by atoms with Crippen LogP contribution in [-0.2, 0) is 14.3 Å². The molecule has 9 heteroatoms. The maximum Gasteiger partial charge on any atom is 0.242 e. The van der Waals surface area contributed by atoms with Crippen LogP contribution in [0.3, 0.4) is 0 Å². The van der Waals surface area contributed by atoms with E-state index in [0.717, 1.165) is 37.4 Å². The van der Waals surface area contributed by atoms with Crippen LogP contribution in [0.5, 0.6) is 0 Å². The number of rotatable bonds is 7. The zero-order valence-corrected chi connectivity index (χ0v) is 14.7. The summed E-state index contributed by atoms with van der Waals surface area (Å²) in [5, 5.41) is 12.7. The third-order valence-corrected chi connectivity index (χ3v) is 5.32. The predicted octanol–water partition coefficient (Wildman–Crippen LogP) is 0.786. The van der Waals surface area contributed by atoms with E-state index in [1.165, 1.54) is 11.3 Å². The van der Waals surface area contributed by atoms with Crippen LogP contribution in [0.1, 0.15) is 32.1 Å². The van der Waals surface area contributed by atoms with Gasteiger partial charge in [0.25, 0.3) is 0 Å². The van der Waals surface area contributed by atoms with Gasteiger partial charge in [0.05, 0.1) is 0 Å². The van der Waals surface area contributed by atoms with E-state index in [0.29, 0.717) is 31.2 Å². The summed E-state index contributed by atoms with van der Waals surface area (Å²) in [6.45, 7) is 2.74. The molecule has 3 rings (SSSR count). The van der Waals surface area contributed by atoms with Gasteiger partial charge in [-0.15, -0.1) is 10.2 Å². The van der Waals surface area contributed by atoms with Gasteiger partial charge in [0.1, 0.15) is 6.04 Å². The second kappa shape index (κ2) is 7.89. The molecule has 8 nitrogen and oxygen atoms in total. The first-order valence-corrected chi connectivity index (χ1v) is 9.19. The molecule has 0 spiro atoms. The number of hydrogen-bond acceptors (Lipinski definition) is 7. The topological polar surface area (TPSA) is 87.7 Å². The smallest absolute Gasteiger partial charge is 0.242 e. The van der Waals surface area contributed by atoms with E-state index >= 15 is 0 Å². The highest BCUT2D eigenvalue weighted by Crippen LogP contribution is 2.33. The van der Waals surface area contributed by atoms with Crippen LogP contribution in [0.25, 0.3) is 0 Å². The van der Waals surface area contributed by atoms with Gasteiger partial charge < -0.3 is 15.0 Å². The molecule has 1 aromatic rings. The standard InChI is InChI=1S/C15H23N5O3S/c1-23-10-4-7-16-13(22)11-5-2-8-19(11)14-17-18-15(24-14)20-9-3-6-12(20)21/h11H,2-10H2,1H3,(H,16,22)/t11-/m1/s1. The van der Waals surface area contributed by atoms with E-state index in [2.05, 4.69) is 15.5 Å². The Kier molecular flexibility index (Phi) is 5.62. The van der Waals surface area contributed by atoms with Crippen molar-refractivity contribution in [2.45, 2.75) is 38.1 Å². The summed E-state index contributed by atoms with van der Waals surface area (Å²) >= 11 is 1.39. The zero-order chi connectivity index (χ0) is 16.9. The number of ether oxygens (including phenoxy) is 1. The summed E-state index contributed by atoms with van der Waals surface area (Å²) in [6.07, 6.45) is 4.01. The Balaban J connectivity index is 1.62. The lowest BCUT2D eigenvalue weighted by molar-refractivity contribution is -0.122. The van der Waals surface area contributed by atoms with Crippen LogP contribution in [-0.4, -0.2) is 61.4 Å². The minimum atomic E-state index is -0.206. The first-order valence-electron chi connectivity index (χ1n) is 8.38. The first-order chi connectivity index (χ1) is 11.7. The number of nitrogens with zero attached hydrogens (tertiary/aromatic N) is 4. The fourth-order valence-electron chi connectivity index (χ4n) is 3.10. The summed E-state index contributed by atoms with van der Waals surface area (Å²) in [6, 6.07) is -0.206. The Morgan fingerprint density at radius 2 is 2.17 bits per heavy atom. The summed E-state index contributed by atoms with van der Waals surface area (Å²) in [5.74, 6) is 0.129. The van der Waals surface area contributed by atoms with E-state index in [1.54, 1.807) is 12.0 Å². The molecule has 132 valence electrons. The van der Waals surface area contributed by atoms with E-state index in [1.807, 2.05) is 4.90 Å². The number of carbonyl (C=O) groups excluding carboxylic acids is 2. The van der Waals surface area contributed by atoms with Crippen LogP contribution in [0.15, 0.2) is 0 Å². The summed E-state index contributed by atoms with van der Waals surface area (Å²) < 4.78 is 4.99. The summed E-state index contributed by atoms with van der Waals surface area (Å²) in [4.78, 5) is 27.9. The number of aromatic nitrogens is 2. The number of carbonyl (C=O) groups is 2. The number of amides is 2. The molecule has 0 unspecified atom stereocenters. The van der Waals surface area contributed by atoms with Gasteiger partial charge in [0, 0.05) is 39.8 Å². The third-order valence-electron chi connectivity index (χ3n) is 4.33. The van der Waals surface area contributed by atoms with Crippen LogP contribution in [0.4, 0.5) is 10.3 Å². The quantitative estimate of drug-likeness (QED) is 0.729. The highest BCUT2D eigenvalue weighted by Gasteiger charge is 2.34. The highest BCUT2D eigenvalue weighted by atomic mass is 32.1. The molecule has 0 aliphatic carbocycles. The average Bonchev–Trinajstić information content (AvgIpc) is 3.29. The van der Waals surface area contributed by atoms with Gasteiger partial charge in [0.15, 0.2) is 0 Å². The molecule has 3 heterocycles. The minimum absolute atomic E-state index is 0.0256. The van der Waals surface area contributed by atoms with E-state index in [4.69, 9.17) is 4.74 Å². The molecule has 2 aliphatic heterocycles. The Bertz CT molecular complexity index is 593. The van der Waals surface area contributed by atoms with E-state index < -0.39 is 0 Å². The molecular weight excluding hydrogens is 330 g/mol. The molecular formula is C15H23N5O3S. The Morgan fingerprint density at radius 1 is 1.33 bits per heavy atom. The van der Waals surface area contributed by atoms with E-state index in [9.17, 15) is 9.59 Å². The first kappa shape index (κ1) is 17.1. The van der Waals surface area contributed by atoms with Gasteiger partial charge in [-0.2, -0.15) is 0 Å². The third kappa shape index (κ3) is 3.67. The van der Waals surface area contributed by atoms with Gasteiger partial charge in [0.2, 0.25) is 22.1 Å². The fraction of sp³-hybridized carbons (Fsp3) is 0.733. The summed E-state index contributed by atoms with van der Waals surface area (Å²) in [5.41, 5.74) is 0. The number of anilines is 2. The van der Waals surface area contributed by atoms with Crippen LogP contribution in [0.2, 0.25) is 0 Å². The Hall–Kier alpha value is -1.74. The van der Waals surface area contributed by atoms with Crippen molar-refractivity contribution in [2.24, 2.45) is 0 Å². The minimum Gasteiger partial charge on any atom is -0.385 e. The normalized spacial score (nSPS) is 20.9. The molecule has 1 aromatic heterocycles. The van der Waals surface area contributed by atoms with Crippen molar-refractivity contribution in [1.29, 1.82) is 0 Å². The Morgan fingerprint density at radius 3 is 2.92 bits per heavy atom. The number of nitrogens with one attached hydrogen (secondary N) is 1. The molecule has 2 aliphatic rings. The largest absolute Gasteiger partial charge is 0.385 e. The van der Waals surface area contributed by atoms with Crippen molar-refractivity contribution >= 4 is 33.4 Å². The van der Waals surface area contributed by atoms with Gasteiger partial charge in [-0.3, -0.25) is 14.5 Å². The molecule has 0 aromatic carbocycles. The maximum atomic E-state index is 12.4. The lowest BCUT2D eigenvalue weighted by atomic mass is 10.2. The molecule has 1 N–H and O–H groups in total. The predicted molar refractivity (Wildman–Crippen MR) is 91.4 cm³/mol. The molecule has 2 fully saturated rings. The maximum absolute atomic E-state index is 12.4. The van der Waals surface area contributed by atoms with Gasteiger partial charge in [-0.1, -0.05) is 11.3 Å². The lowest BCUT2D eigenvalue weighted by Crippen LogP contribution is -2.43. The van der Waals surface area contributed by atoms with Gasteiger partial charge in [-0.25, -0.2) is 0 Å². The molecule has 2 amide bonds. The average molecular weight is 353 g/mol. The second-order valence-corrected chi connectivity index (χ2v) is 6.94. The molecule has 2 saturated heterocycles. The van der Waals surface area contributed by atoms with Crippen LogP contribution < -0.4 is 15.1 Å². The van der Waals surface area contributed by atoms with Crippen LogP contribution >= 0.6 is 11.3 Å². The Labute approximate surface area is 145 Å². The lowest BCUT2D eigenvalue weighted by Gasteiger charge is -2.22. The van der Waals surface area contributed by atoms with Gasteiger partial charge in [-0.05, 0) is 25.7 Å². The second-order valence-electron chi connectivity index (χ2n) is 6.00. The zero-order valence-electron chi connectivity index (χ0n) is 13.9. The van der Waals surface area contributed by atoms with Crippen molar-refractivity contribution in [3.63, 3.8) is 0 Å². The van der Waals surface area contributed by atoms with E-state index in [-0.39, 0.29) is 17.9 Å². The monoisotopic (exact) mass is 353 g/mol. The van der Waals surface area contributed by atoms with Crippen molar-refractivity contribution in [1.82, 2.24) is 15.5 Å². The molecule has 0 bridgehead atoms. The van der Waals surface area contributed by atoms with Crippen molar-refractivity contribution < 1.29 is 14.3 Å². The number of methoxy groups -OCH3 is 1. The highest BCUT2D eigenvalue weighted by molar-refractivity contribution is 7.19. The molecule has 1 atom stereocenters. The fourth-order valence-corrected chi connectivity index (χ4v) is 4.06. The molecule has 0 radical (unpaired) electrons.